The van der Waals surface area contributed by atoms with Crippen molar-refractivity contribution in [1.29, 1.82) is 0 Å². The minimum Gasteiger partial charge on any atom is -0.467 e. The Morgan fingerprint density at radius 3 is 2.79 bits per heavy atom. The monoisotopic (exact) mass is 376 g/mol. The van der Waals surface area contributed by atoms with Crippen molar-refractivity contribution >= 4 is 16.8 Å². The van der Waals surface area contributed by atoms with E-state index in [1.54, 1.807) is 18.4 Å². The maximum absolute atomic E-state index is 13.9. The first-order valence-corrected chi connectivity index (χ1v) is 9.20. The largest absolute Gasteiger partial charge is 0.467 e. The maximum Gasteiger partial charge on any atom is 0.221 e. The van der Waals surface area contributed by atoms with Crippen LogP contribution >= 0.6 is 0 Å². The van der Waals surface area contributed by atoms with Crippen LogP contribution in [0.2, 0.25) is 0 Å². The van der Waals surface area contributed by atoms with Gasteiger partial charge in [-0.1, -0.05) is 30.3 Å². The van der Waals surface area contributed by atoms with Gasteiger partial charge in [-0.15, -0.1) is 0 Å². The van der Waals surface area contributed by atoms with E-state index in [2.05, 4.69) is 5.32 Å². The summed E-state index contributed by atoms with van der Waals surface area (Å²) in [5, 5.41) is 3.96. The van der Waals surface area contributed by atoms with Crippen molar-refractivity contribution in [1.82, 2.24) is 9.88 Å². The second kappa shape index (κ2) is 7.72. The van der Waals surface area contributed by atoms with Crippen LogP contribution in [0.15, 0.2) is 77.5 Å². The van der Waals surface area contributed by atoms with Gasteiger partial charge in [-0.3, -0.25) is 4.79 Å². The number of aryl methyl sites for hydroxylation is 1. The fourth-order valence-electron chi connectivity index (χ4n) is 3.64. The number of amides is 1. The molecule has 0 aliphatic carbocycles. The molecule has 0 aliphatic rings. The predicted molar refractivity (Wildman–Crippen MR) is 106 cm³/mol. The highest BCUT2D eigenvalue weighted by molar-refractivity contribution is 5.86. The molecule has 2 heterocycles. The standard InChI is InChI=1S/C23H21FN2O2/c1-26-15-21(19-9-2-3-10-22(19)26)20(16-6-4-7-17(24)12-16)13-23(27)25-14-18-8-5-11-28-18/h2-12,15,20H,13-14H2,1H3,(H,25,27)/t20-/m0/s1. The molecule has 142 valence electrons. The maximum atomic E-state index is 13.9. The van der Waals surface area contributed by atoms with Crippen LogP contribution in [0.25, 0.3) is 10.9 Å². The smallest absolute Gasteiger partial charge is 0.221 e. The third kappa shape index (κ3) is 3.69. The highest BCUT2D eigenvalue weighted by Gasteiger charge is 2.22. The van der Waals surface area contributed by atoms with E-state index in [9.17, 15) is 9.18 Å². The quantitative estimate of drug-likeness (QED) is 0.528. The SMILES string of the molecule is Cn1cc([C@@H](CC(=O)NCc2ccco2)c2cccc(F)c2)c2ccccc21. The summed E-state index contributed by atoms with van der Waals surface area (Å²) in [4.78, 5) is 12.7. The zero-order chi connectivity index (χ0) is 19.5. The zero-order valence-electron chi connectivity index (χ0n) is 15.6. The van der Waals surface area contributed by atoms with Gasteiger partial charge >= 0.3 is 0 Å². The molecule has 5 heteroatoms. The van der Waals surface area contributed by atoms with E-state index < -0.39 is 0 Å². The minimum atomic E-state index is -0.307. The number of para-hydroxylation sites is 1. The molecule has 0 saturated carbocycles. The Labute approximate surface area is 162 Å². The number of nitrogens with zero attached hydrogens (tertiary/aromatic N) is 1. The molecular weight excluding hydrogens is 355 g/mol. The summed E-state index contributed by atoms with van der Waals surface area (Å²) >= 11 is 0. The molecule has 0 saturated heterocycles. The molecule has 0 unspecified atom stereocenters. The van der Waals surface area contributed by atoms with Crippen LogP contribution in [0.5, 0.6) is 0 Å². The lowest BCUT2D eigenvalue weighted by molar-refractivity contribution is -0.121. The molecule has 1 amide bonds. The highest BCUT2D eigenvalue weighted by atomic mass is 19.1. The number of rotatable bonds is 6. The van der Waals surface area contributed by atoms with Crippen molar-refractivity contribution in [3.05, 3.63) is 95.8 Å². The number of hydrogen-bond acceptors (Lipinski definition) is 2. The molecule has 4 nitrogen and oxygen atoms in total. The van der Waals surface area contributed by atoms with Crippen molar-refractivity contribution < 1.29 is 13.6 Å². The number of halogens is 1. The number of carbonyl (C=O) groups is 1. The molecule has 4 aromatic rings. The summed E-state index contributed by atoms with van der Waals surface area (Å²) in [5.74, 6) is 0.0246. The van der Waals surface area contributed by atoms with Crippen molar-refractivity contribution in [3.63, 3.8) is 0 Å². The van der Waals surface area contributed by atoms with Gasteiger partial charge in [0, 0.05) is 36.5 Å². The Morgan fingerprint density at radius 1 is 1.14 bits per heavy atom. The molecule has 1 atom stereocenters. The number of aromatic nitrogens is 1. The van der Waals surface area contributed by atoms with Crippen LogP contribution in [0, 0.1) is 5.82 Å². The molecule has 0 aliphatic heterocycles. The Bertz CT molecular complexity index is 1100. The zero-order valence-corrected chi connectivity index (χ0v) is 15.6. The lowest BCUT2D eigenvalue weighted by Crippen LogP contribution is -2.24. The lowest BCUT2D eigenvalue weighted by atomic mass is 9.88. The third-order valence-corrected chi connectivity index (χ3v) is 4.98. The number of hydrogen-bond donors (Lipinski definition) is 1. The van der Waals surface area contributed by atoms with Crippen LogP contribution in [0.4, 0.5) is 4.39 Å². The van der Waals surface area contributed by atoms with Crippen LogP contribution in [0.3, 0.4) is 0 Å². The summed E-state index contributed by atoms with van der Waals surface area (Å²) in [6.45, 7) is 0.331. The van der Waals surface area contributed by atoms with E-state index in [1.165, 1.54) is 12.1 Å². The Morgan fingerprint density at radius 2 is 2.00 bits per heavy atom. The van der Waals surface area contributed by atoms with Gasteiger partial charge in [0.1, 0.15) is 11.6 Å². The predicted octanol–water partition coefficient (Wildman–Crippen LogP) is 4.75. The molecule has 2 aromatic carbocycles. The van der Waals surface area contributed by atoms with Gasteiger partial charge < -0.3 is 14.3 Å². The minimum absolute atomic E-state index is 0.112. The summed E-state index contributed by atoms with van der Waals surface area (Å²) in [5.41, 5.74) is 2.87. The topological polar surface area (TPSA) is 47.2 Å². The molecular formula is C23H21FN2O2. The fraction of sp³-hybridized carbons (Fsp3) is 0.174. The van der Waals surface area contributed by atoms with E-state index in [4.69, 9.17) is 4.42 Å². The Hall–Kier alpha value is -3.34. The second-order valence-electron chi connectivity index (χ2n) is 6.88. The van der Waals surface area contributed by atoms with Crippen molar-refractivity contribution in [2.75, 3.05) is 0 Å². The first-order chi connectivity index (χ1) is 13.6. The molecule has 0 bridgehead atoms. The molecule has 28 heavy (non-hydrogen) atoms. The van der Waals surface area contributed by atoms with E-state index in [0.717, 1.165) is 22.0 Å². The summed E-state index contributed by atoms with van der Waals surface area (Å²) in [6, 6.07) is 18.1. The highest BCUT2D eigenvalue weighted by Crippen LogP contribution is 2.34. The van der Waals surface area contributed by atoms with Crippen LogP contribution in [0.1, 0.15) is 29.2 Å². The van der Waals surface area contributed by atoms with Crippen LogP contribution in [-0.2, 0) is 18.4 Å². The second-order valence-corrected chi connectivity index (χ2v) is 6.88. The number of benzene rings is 2. The number of furan rings is 1. The van der Waals surface area contributed by atoms with Gasteiger partial charge in [0.25, 0.3) is 0 Å². The molecule has 4 rings (SSSR count). The average molecular weight is 376 g/mol. The number of nitrogens with one attached hydrogen (secondary N) is 1. The molecule has 0 radical (unpaired) electrons. The molecule has 0 fully saturated rings. The molecule has 2 aromatic heterocycles. The van der Waals surface area contributed by atoms with E-state index >= 15 is 0 Å². The molecule has 1 N–H and O–H groups in total. The van der Waals surface area contributed by atoms with Gasteiger partial charge in [-0.25, -0.2) is 4.39 Å². The van der Waals surface area contributed by atoms with Gasteiger partial charge in [0.05, 0.1) is 12.8 Å². The Balaban J connectivity index is 1.67. The van der Waals surface area contributed by atoms with Gasteiger partial charge in [0.15, 0.2) is 0 Å². The van der Waals surface area contributed by atoms with Crippen molar-refractivity contribution in [3.8, 4) is 0 Å². The van der Waals surface area contributed by atoms with Crippen LogP contribution < -0.4 is 5.32 Å². The first kappa shape index (κ1) is 18.0. The van der Waals surface area contributed by atoms with E-state index in [0.29, 0.717) is 12.3 Å². The summed E-state index contributed by atoms with van der Waals surface area (Å²) in [6.07, 6.45) is 3.82. The van der Waals surface area contributed by atoms with Crippen LogP contribution in [-0.4, -0.2) is 10.5 Å². The first-order valence-electron chi connectivity index (χ1n) is 9.20. The van der Waals surface area contributed by atoms with E-state index in [1.807, 2.05) is 54.2 Å². The normalized spacial score (nSPS) is 12.2. The summed E-state index contributed by atoms with van der Waals surface area (Å²) < 4.78 is 21.2. The summed E-state index contributed by atoms with van der Waals surface area (Å²) in [7, 11) is 1.98. The fourth-order valence-corrected chi connectivity index (χ4v) is 3.64. The Kier molecular flexibility index (Phi) is 4.98. The van der Waals surface area contributed by atoms with Gasteiger partial charge in [0.2, 0.25) is 5.91 Å². The molecule has 0 spiro atoms. The van der Waals surface area contributed by atoms with Gasteiger partial charge in [-0.05, 0) is 41.5 Å². The number of carbonyl (C=O) groups excluding carboxylic acids is 1. The average Bonchev–Trinajstić information content (AvgIpc) is 3.33. The lowest BCUT2D eigenvalue weighted by Gasteiger charge is -2.17. The van der Waals surface area contributed by atoms with E-state index in [-0.39, 0.29) is 24.1 Å². The van der Waals surface area contributed by atoms with Crippen molar-refractivity contribution in [2.45, 2.75) is 18.9 Å². The third-order valence-electron chi connectivity index (χ3n) is 4.98. The van der Waals surface area contributed by atoms with Gasteiger partial charge in [-0.2, -0.15) is 0 Å². The van der Waals surface area contributed by atoms with Crippen molar-refractivity contribution in [2.24, 2.45) is 7.05 Å². The number of fused-ring (bicyclic) bond motifs is 1.